The molecule has 0 aliphatic heterocycles. The van der Waals surface area contributed by atoms with E-state index in [9.17, 15) is 9.59 Å². The fourth-order valence-electron chi connectivity index (χ4n) is 1.78. The quantitative estimate of drug-likeness (QED) is 0.720. The predicted molar refractivity (Wildman–Crippen MR) is 94.5 cm³/mol. The van der Waals surface area contributed by atoms with Gasteiger partial charge in [-0.05, 0) is 24.6 Å². The molecule has 0 bridgehead atoms. The number of benzene rings is 1. The lowest BCUT2D eigenvalue weighted by Crippen LogP contribution is -2.29. The molecule has 1 rings (SSSR count). The Balaban J connectivity index is 0.00000529. The van der Waals surface area contributed by atoms with E-state index in [2.05, 4.69) is 5.32 Å². The minimum absolute atomic E-state index is 0. The Labute approximate surface area is 148 Å². The summed E-state index contributed by atoms with van der Waals surface area (Å²) < 4.78 is 10.7. The Morgan fingerprint density at radius 3 is 2.50 bits per heavy atom. The number of carbonyl (C=O) groups is 2. The van der Waals surface area contributed by atoms with E-state index in [-0.39, 0.29) is 43.3 Å². The molecule has 0 aliphatic rings. The summed E-state index contributed by atoms with van der Waals surface area (Å²) in [6, 6.07) is 5.12. The van der Waals surface area contributed by atoms with Crippen LogP contribution in [0.15, 0.2) is 18.2 Å². The first-order chi connectivity index (χ1) is 10.8. The molecule has 1 aromatic rings. The lowest BCUT2D eigenvalue weighted by Gasteiger charge is -2.14. The number of nitrogens with two attached hydrogens (primary N) is 1. The number of likely N-dealkylation sites (N-methyl/N-ethyl adjacent to an activating group) is 1. The SMILES string of the molecule is COc1cc(CNC(=O)CC(C)N)ccc1OCC(=O)N(C)C.Cl. The molecule has 8 heteroatoms. The van der Waals surface area contributed by atoms with E-state index in [1.807, 2.05) is 6.07 Å². The highest BCUT2D eigenvalue weighted by atomic mass is 35.5. The lowest BCUT2D eigenvalue weighted by molar-refractivity contribution is -0.130. The zero-order valence-electron chi connectivity index (χ0n) is 14.5. The van der Waals surface area contributed by atoms with Crippen LogP contribution in [0.5, 0.6) is 11.5 Å². The van der Waals surface area contributed by atoms with Crippen LogP contribution in [0.25, 0.3) is 0 Å². The van der Waals surface area contributed by atoms with Crippen molar-refractivity contribution in [1.82, 2.24) is 10.2 Å². The largest absolute Gasteiger partial charge is 0.493 e. The Bertz CT molecular complexity index is 550. The highest BCUT2D eigenvalue weighted by Gasteiger charge is 2.11. The maximum atomic E-state index is 11.6. The zero-order valence-corrected chi connectivity index (χ0v) is 15.3. The van der Waals surface area contributed by atoms with Gasteiger partial charge in [-0.3, -0.25) is 9.59 Å². The number of nitrogens with one attached hydrogen (secondary N) is 1. The third-order valence-electron chi connectivity index (χ3n) is 3.08. The minimum Gasteiger partial charge on any atom is -0.493 e. The number of hydrogen-bond acceptors (Lipinski definition) is 5. The fraction of sp³-hybridized carbons (Fsp3) is 0.500. The summed E-state index contributed by atoms with van der Waals surface area (Å²) in [5.74, 6) is 0.749. The molecule has 1 aromatic carbocycles. The van der Waals surface area contributed by atoms with Gasteiger partial charge in [0.15, 0.2) is 18.1 Å². The Morgan fingerprint density at radius 2 is 1.96 bits per heavy atom. The molecule has 0 spiro atoms. The van der Waals surface area contributed by atoms with E-state index in [4.69, 9.17) is 15.2 Å². The highest BCUT2D eigenvalue weighted by molar-refractivity contribution is 5.85. The van der Waals surface area contributed by atoms with Gasteiger partial charge in [-0.15, -0.1) is 12.4 Å². The summed E-state index contributed by atoms with van der Waals surface area (Å²) in [4.78, 5) is 24.6. The average molecular weight is 360 g/mol. The maximum absolute atomic E-state index is 11.6. The maximum Gasteiger partial charge on any atom is 0.259 e. The number of rotatable bonds is 8. The van der Waals surface area contributed by atoms with Gasteiger partial charge in [0.05, 0.1) is 7.11 Å². The van der Waals surface area contributed by atoms with Gasteiger partial charge in [-0.1, -0.05) is 6.07 Å². The minimum atomic E-state index is -0.172. The number of halogens is 1. The molecule has 0 heterocycles. The molecule has 1 atom stereocenters. The van der Waals surface area contributed by atoms with Gasteiger partial charge >= 0.3 is 0 Å². The summed E-state index contributed by atoms with van der Waals surface area (Å²) >= 11 is 0. The molecular weight excluding hydrogens is 334 g/mol. The molecule has 0 aliphatic carbocycles. The summed E-state index contributed by atoms with van der Waals surface area (Å²) in [5.41, 5.74) is 6.45. The normalized spacial score (nSPS) is 11.0. The summed E-state index contributed by atoms with van der Waals surface area (Å²) in [6.45, 7) is 2.09. The third kappa shape index (κ3) is 7.52. The van der Waals surface area contributed by atoms with Crippen LogP contribution >= 0.6 is 12.4 Å². The summed E-state index contributed by atoms with van der Waals surface area (Å²) in [6.07, 6.45) is 0.283. The van der Waals surface area contributed by atoms with E-state index in [0.717, 1.165) is 5.56 Å². The average Bonchev–Trinajstić information content (AvgIpc) is 2.50. The molecule has 136 valence electrons. The monoisotopic (exact) mass is 359 g/mol. The van der Waals surface area contributed by atoms with Gasteiger partial charge in [0.2, 0.25) is 5.91 Å². The van der Waals surface area contributed by atoms with Gasteiger partial charge in [0.1, 0.15) is 0 Å². The molecule has 2 amide bonds. The van der Waals surface area contributed by atoms with Gasteiger partial charge in [-0.25, -0.2) is 0 Å². The number of amides is 2. The van der Waals surface area contributed by atoms with E-state index in [1.165, 1.54) is 12.0 Å². The second-order valence-corrected chi connectivity index (χ2v) is 5.52. The predicted octanol–water partition coefficient (Wildman–Crippen LogP) is 0.937. The molecule has 0 saturated heterocycles. The van der Waals surface area contributed by atoms with Crippen molar-refractivity contribution < 1.29 is 19.1 Å². The van der Waals surface area contributed by atoms with Crippen LogP contribution in [0.4, 0.5) is 0 Å². The summed E-state index contributed by atoms with van der Waals surface area (Å²) in [5, 5.41) is 2.79. The molecule has 0 saturated carbocycles. The number of methoxy groups -OCH3 is 1. The molecule has 3 N–H and O–H groups in total. The van der Waals surface area contributed by atoms with Crippen molar-refractivity contribution in [3.8, 4) is 11.5 Å². The van der Waals surface area contributed by atoms with Crippen molar-refractivity contribution in [2.75, 3.05) is 27.8 Å². The van der Waals surface area contributed by atoms with Crippen molar-refractivity contribution in [2.45, 2.75) is 25.9 Å². The van der Waals surface area contributed by atoms with E-state index < -0.39 is 0 Å². The topological polar surface area (TPSA) is 93.9 Å². The van der Waals surface area contributed by atoms with Crippen LogP contribution in [-0.4, -0.2) is 50.6 Å². The van der Waals surface area contributed by atoms with Crippen molar-refractivity contribution in [3.63, 3.8) is 0 Å². The van der Waals surface area contributed by atoms with Gasteiger partial charge in [-0.2, -0.15) is 0 Å². The third-order valence-corrected chi connectivity index (χ3v) is 3.08. The molecule has 0 radical (unpaired) electrons. The smallest absolute Gasteiger partial charge is 0.259 e. The van der Waals surface area contributed by atoms with Crippen molar-refractivity contribution >= 4 is 24.2 Å². The first kappa shape index (κ1) is 22.0. The fourth-order valence-corrected chi connectivity index (χ4v) is 1.78. The Morgan fingerprint density at radius 1 is 1.29 bits per heavy atom. The van der Waals surface area contributed by atoms with Crippen LogP contribution in [0, 0.1) is 0 Å². The van der Waals surface area contributed by atoms with Crippen LogP contribution < -0.4 is 20.5 Å². The van der Waals surface area contributed by atoms with Gasteiger partial charge in [0.25, 0.3) is 5.91 Å². The van der Waals surface area contributed by atoms with Crippen molar-refractivity contribution in [3.05, 3.63) is 23.8 Å². The first-order valence-corrected chi connectivity index (χ1v) is 7.35. The second kappa shape index (κ2) is 10.7. The molecule has 0 aromatic heterocycles. The van der Waals surface area contributed by atoms with Crippen molar-refractivity contribution in [1.29, 1.82) is 0 Å². The molecule has 7 nitrogen and oxygen atoms in total. The van der Waals surface area contributed by atoms with Crippen molar-refractivity contribution in [2.24, 2.45) is 5.73 Å². The highest BCUT2D eigenvalue weighted by Crippen LogP contribution is 2.28. The number of carbonyl (C=O) groups excluding carboxylic acids is 2. The van der Waals surface area contributed by atoms with Crippen LogP contribution in [0.1, 0.15) is 18.9 Å². The Kier molecular flexibility index (Phi) is 9.83. The van der Waals surface area contributed by atoms with Gasteiger partial charge in [0, 0.05) is 33.1 Å². The number of nitrogens with zero attached hydrogens (tertiary/aromatic N) is 1. The van der Waals surface area contributed by atoms with Crippen LogP contribution in [0.2, 0.25) is 0 Å². The summed E-state index contributed by atoms with van der Waals surface area (Å²) in [7, 11) is 4.85. The first-order valence-electron chi connectivity index (χ1n) is 7.35. The number of hydrogen-bond donors (Lipinski definition) is 2. The standard InChI is InChI=1S/C16H25N3O4.ClH/c1-11(17)7-15(20)18-9-12-5-6-13(14(8-12)22-4)23-10-16(21)19(2)3;/h5-6,8,11H,7,9-10,17H2,1-4H3,(H,18,20);1H. The zero-order chi connectivity index (χ0) is 17.4. The molecular formula is C16H26ClN3O4. The molecule has 1 unspecified atom stereocenters. The number of ether oxygens (including phenoxy) is 2. The Hall–Kier alpha value is -1.99. The molecule has 24 heavy (non-hydrogen) atoms. The lowest BCUT2D eigenvalue weighted by atomic mass is 10.2. The van der Waals surface area contributed by atoms with E-state index in [0.29, 0.717) is 18.0 Å². The van der Waals surface area contributed by atoms with Gasteiger partial charge < -0.3 is 25.4 Å². The van der Waals surface area contributed by atoms with E-state index >= 15 is 0 Å². The second-order valence-electron chi connectivity index (χ2n) is 5.52. The van der Waals surface area contributed by atoms with E-state index in [1.54, 1.807) is 33.2 Å². The van der Waals surface area contributed by atoms with Crippen LogP contribution in [-0.2, 0) is 16.1 Å². The van der Waals surface area contributed by atoms with Crippen LogP contribution in [0.3, 0.4) is 0 Å². The molecule has 0 fully saturated rings.